The lowest BCUT2D eigenvalue weighted by atomic mass is 10.2. The Hall–Kier alpha value is -0.580. The zero-order chi connectivity index (χ0) is 12.0. The molecule has 0 spiro atoms. The second-order valence-electron chi connectivity index (χ2n) is 3.68. The Labute approximate surface area is 105 Å². The summed E-state index contributed by atoms with van der Waals surface area (Å²) in [5, 5.41) is 12.3. The van der Waals surface area contributed by atoms with Crippen molar-refractivity contribution in [2.45, 2.75) is 26.5 Å². The first-order valence-electron chi connectivity index (χ1n) is 5.43. The van der Waals surface area contributed by atoms with E-state index in [9.17, 15) is 0 Å². The highest BCUT2D eigenvalue weighted by Crippen LogP contribution is 2.25. The van der Waals surface area contributed by atoms with Crippen molar-refractivity contribution in [3.63, 3.8) is 0 Å². The molecule has 0 saturated carbocycles. The predicted octanol–water partition coefficient (Wildman–Crippen LogP) is 2.32. The third-order valence-corrected chi connectivity index (χ3v) is 2.68. The molecule has 0 amide bonds. The van der Waals surface area contributed by atoms with Crippen LogP contribution in [0.4, 0.5) is 0 Å². The van der Waals surface area contributed by atoms with Crippen LogP contribution in [-0.4, -0.2) is 24.4 Å². The Morgan fingerprint density at radius 3 is 2.81 bits per heavy atom. The molecule has 0 bridgehead atoms. The minimum atomic E-state index is -0.314. The average molecular weight is 288 g/mol. The van der Waals surface area contributed by atoms with E-state index in [-0.39, 0.29) is 6.10 Å². The van der Waals surface area contributed by atoms with E-state index < -0.39 is 0 Å². The lowest BCUT2D eigenvalue weighted by Crippen LogP contribution is -2.23. The SMILES string of the molecule is CCOc1ccc(CNC[C@H](C)O)cc1Br. The standard InChI is InChI=1S/C12H18BrNO2/c1-3-16-12-5-4-10(6-11(12)13)8-14-7-9(2)15/h4-6,9,14-15H,3,7-8H2,1-2H3/t9-/m0/s1. The van der Waals surface area contributed by atoms with Crippen LogP contribution in [0.1, 0.15) is 19.4 Å². The largest absolute Gasteiger partial charge is 0.493 e. The van der Waals surface area contributed by atoms with E-state index in [1.165, 1.54) is 0 Å². The smallest absolute Gasteiger partial charge is 0.133 e. The van der Waals surface area contributed by atoms with E-state index in [0.29, 0.717) is 13.2 Å². The zero-order valence-electron chi connectivity index (χ0n) is 9.66. The van der Waals surface area contributed by atoms with Gasteiger partial charge in [-0.3, -0.25) is 0 Å². The van der Waals surface area contributed by atoms with Gasteiger partial charge in [-0.25, -0.2) is 0 Å². The third kappa shape index (κ3) is 4.51. The Kier molecular flexibility index (Phi) is 5.80. The van der Waals surface area contributed by atoms with Crippen LogP contribution in [0, 0.1) is 0 Å². The van der Waals surface area contributed by atoms with Crippen molar-refractivity contribution < 1.29 is 9.84 Å². The Balaban J connectivity index is 2.52. The van der Waals surface area contributed by atoms with Crippen LogP contribution in [0.3, 0.4) is 0 Å². The first-order valence-corrected chi connectivity index (χ1v) is 6.22. The molecule has 0 aromatic heterocycles. The molecule has 1 rings (SSSR count). The first-order chi connectivity index (χ1) is 7.63. The molecule has 0 aliphatic carbocycles. The van der Waals surface area contributed by atoms with Gasteiger partial charge < -0.3 is 15.2 Å². The first kappa shape index (κ1) is 13.5. The minimum Gasteiger partial charge on any atom is -0.493 e. The molecule has 4 heteroatoms. The molecule has 1 aromatic rings. The summed E-state index contributed by atoms with van der Waals surface area (Å²) in [7, 11) is 0. The van der Waals surface area contributed by atoms with Crippen LogP contribution in [0.25, 0.3) is 0 Å². The second-order valence-corrected chi connectivity index (χ2v) is 4.53. The molecule has 0 unspecified atom stereocenters. The normalized spacial score (nSPS) is 12.5. The van der Waals surface area contributed by atoms with Gasteiger partial charge in [0.25, 0.3) is 0 Å². The lowest BCUT2D eigenvalue weighted by molar-refractivity contribution is 0.191. The number of rotatable bonds is 6. The molecule has 2 N–H and O–H groups in total. The maximum absolute atomic E-state index is 9.11. The molecule has 0 aliphatic rings. The Morgan fingerprint density at radius 1 is 1.50 bits per heavy atom. The number of hydrogen-bond acceptors (Lipinski definition) is 3. The van der Waals surface area contributed by atoms with Crippen molar-refractivity contribution in [3.05, 3.63) is 28.2 Å². The monoisotopic (exact) mass is 287 g/mol. The van der Waals surface area contributed by atoms with Gasteiger partial charge in [-0.05, 0) is 47.5 Å². The van der Waals surface area contributed by atoms with Crippen LogP contribution in [-0.2, 0) is 6.54 Å². The molecule has 16 heavy (non-hydrogen) atoms. The van der Waals surface area contributed by atoms with Crippen LogP contribution in [0.15, 0.2) is 22.7 Å². The van der Waals surface area contributed by atoms with Crippen molar-refractivity contribution in [2.75, 3.05) is 13.2 Å². The molecule has 0 fully saturated rings. The van der Waals surface area contributed by atoms with E-state index in [4.69, 9.17) is 9.84 Å². The van der Waals surface area contributed by atoms with E-state index in [2.05, 4.69) is 21.2 Å². The summed E-state index contributed by atoms with van der Waals surface area (Å²) >= 11 is 3.47. The Morgan fingerprint density at radius 2 is 2.25 bits per heavy atom. The fraction of sp³-hybridized carbons (Fsp3) is 0.500. The number of aliphatic hydroxyl groups is 1. The van der Waals surface area contributed by atoms with Crippen LogP contribution < -0.4 is 10.1 Å². The quantitative estimate of drug-likeness (QED) is 0.844. The van der Waals surface area contributed by atoms with Crippen LogP contribution in [0.2, 0.25) is 0 Å². The van der Waals surface area contributed by atoms with E-state index in [1.54, 1.807) is 6.92 Å². The van der Waals surface area contributed by atoms with Gasteiger partial charge in [-0.1, -0.05) is 6.07 Å². The highest BCUT2D eigenvalue weighted by molar-refractivity contribution is 9.10. The molecule has 3 nitrogen and oxygen atoms in total. The number of benzene rings is 1. The molecule has 0 aliphatic heterocycles. The van der Waals surface area contributed by atoms with Crippen molar-refractivity contribution in [1.29, 1.82) is 0 Å². The molecule has 0 radical (unpaired) electrons. The summed E-state index contributed by atoms with van der Waals surface area (Å²) in [5.74, 6) is 0.863. The van der Waals surface area contributed by atoms with Gasteiger partial charge in [0.05, 0.1) is 17.2 Å². The number of halogens is 1. The summed E-state index contributed by atoms with van der Waals surface area (Å²) < 4.78 is 6.39. The third-order valence-electron chi connectivity index (χ3n) is 2.07. The highest BCUT2D eigenvalue weighted by Gasteiger charge is 2.02. The van der Waals surface area contributed by atoms with E-state index >= 15 is 0 Å². The van der Waals surface area contributed by atoms with Gasteiger partial charge in [0.1, 0.15) is 5.75 Å². The van der Waals surface area contributed by atoms with Crippen LogP contribution in [0.5, 0.6) is 5.75 Å². The van der Waals surface area contributed by atoms with Gasteiger partial charge in [0.2, 0.25) is 0 Å². The van der Waals surface area contributed by atoms with Gasteiger partial charge in [0, 0.05) is 13.1 Å². The van der Waals surface area contributed by atoms with Crippen LogP contribution >= 0.6 is 15.9 Å². The molecule has 90 valence electrons. The van der Waals surface area contributed by atoms with E-state index in [1.807, 2.05) is 25.1 Å². The zero-order valence-corrected chi connectivity index (χ0v) is 11.3. The predicted molar refractivity (Wildman–Crippen MR) is 68.7 cm³/mol. The molecular formula is C12H18BrNO2. The summed E-state index contributed by atoms with van der Waals surface area (Å²) in [6.07, 6.45) is -0.314. The van der Waals surface area contributed by atoms with Gasteiger partial charge in [-0.15, -0.1) is 0 Å². The van der Waals surface area contributed by atoms with Gasteiger partial charge >= 0.3 is 0 Å². The maximum atomic E-state index is 9.11. The number of ether oxygens (including phenoxy) is 1. The number of aliphatic hydroxyl groups excluding tert-OH is 1. The van der Waals surface area contributed by atoms with E-state index in [0.717, 1.165) is 22.3 Å². The number of hydrogen-bond donors (Lipinski definition) is 2. The topological polar surface area (TPSA) is 41.5 Å². The van der Waals surface area contributed by atoms with Crippen molar-refractivity contribution >= 4 is 15.9 Å². The molecule has 1 atom stereocenters. The summed E-state index contributed by atoms with van der Waals surface area (Å²) in [4.78, 5) is 0. The van der Waals surface area contributed by atoms with Crippen molar-refractivity contribution in [2.24, 2.45) is 0 Å². The maximum Gasteiger partial charge on any atom is 0.133 e. The minimum absolute atomic E-state index is 0.314. The Bertz CT molecular complexity index is 329. The molecule has 1 aromatic carbocycles. The highest BCUT2D eigenvalue weighted by atomic mass is 79.9. The van der Waals surface area contributed by atoms with Crippen molar-refractivity contribution in [3.8, 4) is 5.75 Å². The summed E-state index contributed by atoms with van der Waals surface area (Å²) in [6.45, 7) is 5.74. The van der Waals surface area contributed by atoms with Gasteiger partial charge in [-0.2, -0.15) is 0 Å². The summed E-state index contributed by atoms with van der Waals surface area (Å²) in [6, 6.07) is 6.00. The average Bonchev–Trinajstić information content (AvgIpc) is 2.21. The second kappa shape index (κ2) is 6.89. The fourth-order valence-electron chi connectivity index (χ4n) is 1.35. The molecule has 0 heterocycles. The molecular weight excluding hydrogens is 270 g/mol. The molecule has 0 saturated heterocycles. The van der Waals surface area contributed by atoms with Gasteiger partial charge in [0.15, 0.2) is 0 Å². The van der Waals surface area contributed by atoms with Crippen molar-refractivity contribution in [1.82, 2.24) is 5.32 Å². The number of nitrogens with one attached hydrogen (secondary N) is 1. The fourth-order valence-corrected chi connectivity index (χ4v) is 1.89. The lowest BCUT2D eigenvalue weighted by Gasteiger charge is -2.09. The summed E-state index contributed by atoms with van der Waals surface area (Å²) in [5.41, 5.74) is 1.16.